The molecule has 0 aromatic carbocycles. The maximum Gasteiger partial charge on any atom is 0.166 e. The van der Waals surface area contributed by atoms with E-state index in [0.29, 0.717) is 42.4 Å². The van der Waals surface area contributed by atoms with Gasteiger partial charge in [0.1, 0.15) is 5.67 Å². The quantitative estimate of drug-likeness (QED) is 0.455. The number of rotatable bonds is 6. The van der Waals surface area contributed by atoms with Crippen LogP contribution < -0.4 is 0 Å². The van der Waals surface area contributed by atoms with Crippen molar-refractivity contribution < 1.29 is 14.6 Å². The van der Waals surface area contributed by atoms with Crippen LogP contribution in [0.25, 0.3) is 0 Å². The predicted octanol–water partition coefficient (Wildman–Crippen LogP) is 7.03. The summed E-state index contributed by atoms with van der Waals surface area (Å²) in [5.41, 5.74) is 2.85. The lowest BCUT2D eigenvalue weighted by Crippen LogP contribution is -2.36. The zero-order valence-corrected chi connectivity index (χ0v) is 19.6. The van der Waals surface area contributed by atoms with Gasteiger partial charge in [-0.3, -0.25) is 0 Å². The number of allylic oxidation sites excluding steroid dienone is 4. The summed E-state index contributed by atoms with van der Waals surface area (Å²) < 4.78 is 13.9. The maximum atomic E-state index is 13.9. The van der Waals surface area contributed by atoms with Crippen LogP contribution in [0.1, 0.15) is 98.3 Å². The lowest BCUT2D eigenvalue weighted by molar-refractivity contribution is -0.166. The highest BCUT2D eigenvalue weighted by molar-refractivity contribution is 5.36. The zero-order chi connectivity index (χ0) is 22.2. The van der Waals surface area contributed by atoms with Crippen molar-refractivity contribution in [3.8, 4) is 0 Å². The van der Waals surface area contributed by atoms with Gasteiger partial charge in [0, 0.05) is 12.8 Å². The summed E-state index contributed by atoms with van der Waals surface area (Å²) in [6, 6.07) is 0. The first kappa shape index (κ1) is 23.7. The average Bonchev–Trinajstić information content (AvgIpc) is 2.99. The predicted molar refractivity (Wildman–Crippen MR) is 123 cm³/mol. The number of hydrogen-bond donors (Lipinski definition) is 2. The molecule has 3 heteroatoms. The number of halogens is 1. The molecule has 3 rings (SSSR count). The van der Waals surface area contributed by atoms with Crippen molar-refractivity contribution in [3.05, 3.63) is 35.5 Å². The maximum absolute atomic E-state index is 13.9. The van der Waals surface area contributed by atoms with E-state index < -0.39 is 11.5 Å². The molecule has 0 unspecified atom stereocenters. The fourth-order valence-corrected chi connectivity index (χ4v) is 6.67. The topological polar surface area (TPSA) is 40.5 Å². The molecule has 30 heavy (non-hydrogen) atoms. The van der Waals surface area contributed by atoms with E-state index in [1.807, 2.05) is 0 Å². The van der Waals surface area contributed by atoms with E-state index in [0.717, 1.165) is 30.4 Å². The van der Waals surface area contributed by atoms with Crippen LogP contribution in [-0.2, 0) is 0 Å². The molecule has 0 bridgehead atoms. The van der Waals surface area contributed by atoms with E-state index in [1.165, 1.54) is 31.3 Å². The minimum Gasteiger partial charge on any atom is -0.365 e. The van der Waals surface area contributed by atoms with Crippen LogP contribution in [0.4, 0.5) is 4.39 Å². The van der Waals surface area contributed by atoms with Crippen molar-refractivity contribution in [3.63, 3.8) is 0 Å². The number of fused-ring (bicyclic) bond motifs is 1. The Labute approximate surface area is 183 Å². The van der Waals surface area contributed by atoms with Crippen molar-refractivity contribution in [2.45, 2.75) is 110 Å². The average molecular weight is 419 g/mol. The minimum absolute atomic E-state index is 0.280. The molecule has 3 aliphatic rings. The third-order valence-electron chi connectivity index (χ3n) is 8.41. The molecule has 2 N–H and O–H groups in total. The van der Waals surface area contributed by atoms with E-state index in [1.54, 1.807) is 13.8 Å². The van der Waals surface area contributed by atoms with Crippen molar-refractivity contribution in [2.75, 3.05) is 0 Å². The summed E-state index contributed by atoms with van der Waals surface area (Å²) in [6.07, 6.45) is 14.7. The van der Waals surface area contributed by atoms with E-state index in [-0.39, 0.29) is 6.42 Å². The molecule has 2 nitrogen and oxygen atoms in total. The minimum atomic E-state index is -1.59. The van der Waals surface area contributed by atoms with Crippen LogP contribution in [-0.4, -0.2) is 21.7 Å². The zero-order valence-electron chi connectivity index (χ0n) is 19.6. The lowest BCUT2D eigenvalue weighted by Gasteiger charge is -2.44. The number of alkyl halides is 1. The van der Waals surface area contributed by atoms with Gasteiger partial charge in [0.05, 0.1) is 0 Å². The van der Waals surface area contributed by atoms with Gasteiger partial charge in [-0.1, -0.05) is 56.6 Å². The van der Waals surface area contributed by atoms with Crippen molar-refractivity contribution in [1.82, 2.24) is 0 Å². The summed E-state index contributed by atoms with van der Waals surface area (Å²) in [6.45, 7) is 12.4. The molecule has 3 aliphatic carbocycles. The summed E-state index contributed by atoms with van der Waals surface area (Å²) in [4.78, 5) is 0. The monoisotopic (exact) mass is 418 g/mol. The van der Waals surface area contributed by atoms with Gasteiger partial charge in [0.25, 0.3) is 0 Å². The SMILES string of the molecule is C=C1CCC(O)(O)C/C1=C/C=C1\CCC[C@]2(C)[C@@H]([C@H](C)CCCC(C)(C)F)CC[C@@H]12. The Kier molecular flexibility index (Phi) is 7.04. The van der Waals surface area contributed by atoms with Gasteiger partial charge in [-0.25, -0.2) is 4.39 Å². The Bertz CT molecular complexity index is 696. The van der Waals surface area contributed by atoms with Gasteiger partial charge >= 0.3 is 0 Å². The third kappa shape index (κ3) is 5.46. The Morgan fingerprint density at radius 1 is 1.20 bits per heavy atom. The van der Waals surface area contributed by atoms with Crippen LogP contribution in [0.3, 0.4) is 0 Å². The van der Waals surface area contributed by atoms with E-state index in [9.17, 15) is 14.6 Å². The first-order chi connectivity index (χ1) is 13.9. The molecular weight excluding hydrogens is 375 g/mol. The van der Waals surface area contributed by atoms with Crippen molar-refractivity contribution >= 4 is 0 Å². The molecule has 3 fully saturated rings. The summed E-state index contributed by atoms with van der Waals surface area (Å²) in [5, 5.41) is 20.1. The summed E-state index contributed by atoms with van der Waals surface area (Å²) >= 11 is 0. The highest BCUT2D eigenvalue weighted by atomic mass is 19.1. The van der Waals surface area contributed by atoms with Crippen LogP contribution in [0.5, 0.6) is 0 Å². The van der Waals surface area contributed by atoms with Gasteiger partial charge in [0.15, 0.2) is 5.79 Å². The van der Waals surface area contributed by atoms with Crippen LogP contribution >= 0.6 is 0 Å². The van der Waals surface area contributed by atoms with Gasteiger partial charge in [-0.2, -0.15) is 0 Å². The molecule has 0 aromatic rings. The van der Waals surface area contributed by atoms with E-state index >= 15 is 0 Å². The lowest BCUT2D eigenvalue weighted by atomic mass is 9.60. The van der Waals surface area contributed by atoms with Gasteiger partial charge in [-0.15, -0.1) is 0 Å². The Hall–Kier alpha value is -0.930. The molecule has 170 valence electrons. The molecule has 3 saturated carbocycles. The Morgan fingerprint density at radius 3 is 2.63 bits per heavy atom. The molecule has 0 aliphatic heterocycles. The Balaban J connectivity index is 1.70. The first-order valence-corrected chi connectivity index (χ1v) is 12.1. The second-order valence-corrected chi connectivity index (χ2v) is 11.4. The fraction of sp³-hybridized carbons (Fsp3) is 0.778. The Morgan fingerprint density at radius 2 is 1.93 bits per heavy atom. The molecule has 0 spiro atoms. The molecule has 0 radical (unpaired) electrons. The van der Waals surface area contributed by atoms with Crippen LogP contribution in [0.2, 0.25) is 0 Å². The van der Waals surface area contributed by atoms with Crippen molar-refractivity contribution in [1.29, 1.82) is 0 Å². The molecule has 4 atom stereocenters. The first-order valence-electron chi connectivity index (χ1n) is 12.1. The highest BCUT2D eigenvalue weighted by Crippen LogP contribution is 2.60. The molecule has 0 saturated heterocycles. The van der Waals surface area contributed by atoms with Gasteiger partial charge < -0.3 is 10.2 Å². The summed E-state index contributed by atoms with van der Waals surface area (Å²) in [5.74, 6) is 0.392. The fourth-order valence-electron chi connectivity index (χ4n) is 6.67. The van der Waals surface area contributed by atoms with Crippen LogP contribution in [0.15, 0.2) is 35.5 Å². The van der Waals surface area contributed by atoms with E-state index in [2.05, 4.69) is 32.6 Å². The van der Waals surface area contributed by atoms with Crippen molar-refractivity contribution in [2.24, 2.45) is 23.2 Å². The van der Waals surface area contributed by atoms with E-state index in [4.69, 9.17) is 0 Å². The number of hydrogen-bond acceptors (Lipinski definition) is 2. The molecule has 0 aromatic heterocycles. The smallest absolute Gasteiger partial charge is 0.166 e. The molecule has 0 heterocycles. The summed E-state index contributed by atoms with van der Waals surface area (Å²) in [7, 11) is 0. The second kappa shape index (κ2) is 8.90. The standard InChI is InChI=1S/C27H43FO2/c1-19-14-17-27(29,30)18-22(19)11-10-21-9-7-16-26(5)23(12-13-24(21)26)20(2)8-6-15-25(3,4)28/h10-11,20,23-24,29-30H,1,6-9,12-18H2,2-5H3/b21-10+,22-11-/t20-,23-,24+,26-/m1/s1. The van der Waals surface area contributed by atoms with Gasteiger partial charge in [-0.05, 0) is 87.5 Å². The highest BCUT2D eigenvalue weighted by Gasteiger charge is 2.50. The molecule has 0 amide bonds. The largest absolute Gasteiger partial charge is 0.365 e. The number of aliphatic hydroxyl groups is 2. The second-order valence-electron chi connectivity index (χ2n) is 11.4. The van der Waals surface area contributed by atoms with Gasteiger partial charge in [0.2, 0.25) is 0 Å². The normalized spacial score (nSPS) is 35.6. The third-order valence-corrected chi connectivity index (χ3v) is 8.41. The van der Waals surface area contributed by atoms with Crippen LogP contribution in [0, 0.1) is 23.2 Å². The molecular formula is C27H43FO2.